The van der Waals surface area contributed by atoms with Gasteiger partial charge in [-0.2, -0.15) is 0 Å². The summed E-state index contributed by atoms with van der Waals surface area (Å²) in [4.78, 5) is 0. The molecule has 0 spiro atoms. The lowest BCUT2D eigenvalue weighted by Crippen LogP contribution is -1.94. The first-order valence-corrected chi connectivity index (χ1v) is 5.53. The molecule has 94 valence electrons. The standard InChI is InChI=1S/C13H10ClF2NO/c1-7-2-3-8(4-10(7)15)18-13-5-9(14)11(16)6-12(13)17/h2-6H,17H2,1H3. The molecule has 0 aliphatic rings. The number of hydrogen-bond acceptors (Lipinski definition) is 2. The minimum atomic E-state index is -0.628. The van der Waals surface area contributed by atoms with Crippen molar-refractivity contribution in [2.24, 2.45) is 0 Å². The van der Waals surface area contributed by atoms with Gasteiger partial charge in [0.1, 0.15) is 17.4 Å². The van der Waals surface area contributed by atoms with Gasteiger partial charge in [-0.25, -0.2) is 8.78 Å². The van der Waals surface area contributed by atoms with Crippen LogP contribution in [0.4, 0.5) is 14.5 Å². The van der Waals surface area contributed by atoms with Gasteiger partial charge in [-0.1, -0.05) is 17.7 Å². The van der Waals surface area contributed by atoms with E-state index in [-0.39, 0.29) is 28.0 Å². The maximum absolute atomic E-state index is 13.3. The molecule has 0 bridgehead atoms. The Morgan fingerprint density at radius 2 is 1.83 bits per heavy atom. The highest BCUT2D eigenvalue weighted by atomic mass is 35.5. The predicted octanol–water partition coefficient (Wildman–Crippen LogP) is 4.30. The average molecular weight is 270 g/mol. The number of benzene rings is 2. The SMILES string of the molecule is Cc1ccc(Oc2cc(Cl)c(F)cc2N)cc1F. The van der Waals surface area contributed by atoms with Gasteiger partial charge in [-0.15, -0.1) is 0 Å². The van der Waals surface area contributed by atoms with E-state index in [1.54, 1.807) is 19.1 Å². The second kappa shape index (κ2) is 4.82. The summed E-state index contributed by atoms with van der Waals surface area (Å²) in [6.45, 7) is 1.64. The molecule has 0 saturated carbocycles. The van der Waals surface area contributed by atoms with Crippen molar-refractivity contribution in [2.45, 2.75) is 6.92 Å². The van der Waals surface area contributed by atoms with Crippen molar-refractivity contribution in [1.82, 2.24) is 0 Å². The van der Waals surface area contributed by atoms with E-state index in [4.69, 9.17) is 22.1 Å². The molecule has 0 unspecified atom stereocenters. The summed E-state index contributed by atoms with van der Waals surface area (Å²) in [7, 11) is 0. The number of rotatable bonds is 2. The first-order valence-electron chi connectivity index (χ1n) is 5.16. The molecule has 2 aromatic carbocycles. The summed E-state index contributed by atoms with van der Waals surface area (Å²) in [6, 6.07) is 6.71. The summed E-state index contributed by atoms with van der Waals surface area (Å²) in [5.41, 5.74) is 6.19. The number of ether oxygens (including phenoxy) is 1. The molecule has 5 heteroatoms. The van der Waals surface area contributed by atoms with Gasteiger partial charge in [0, 0.05) is 18.2 Å². The van der Waals surface area contributed by atoms with Gasteiger partial charge < -0.3 is 10.5 Å². The first-order chi connectivity index (χ1) is 8.47. The second-order valence-corrected chi connectivity index (χ2v) is 4.22. The number of aryl methyl sites for hydroxylation is 1. The van der Waals surface area contributed by atoms with Gasteiger partial charge in [-0.3, -0.25) is 0 Å². The molecular weight excluding hydrogens is 260 g/mol. The van der Waals surface area contributed by atoms with E-state index >= 15 is 0 Å². The zero-order valence-electron chi connectivity index (χ0n) is 9.51. The van der Waals surface area contributed by atoms with Gasteiger partial charge in [0.15, 0.2) is 5.75 Å². The van der Waals surface area contributed by atoms with Crippen molar-refractivity contribution in [2.75, 3.05) is 5.73 Å². The third-order valence-corrected chi connectivity index (χ3v) is 2.71. The minimum absolute atomic E-state index is 0.0953. The van der Waals surface area contributed by atoms with Crippen LogP contribution in [0, 0.1) is 18.6 Å². The number of nitrogen functional groups attached to an aromatic ring is 1. The molecule has 2 N–H and O–H groups in total. The van der Waals surface area contributed by atoms with E-state index in [9.17, 15) is 8.78 Å². The maximum Gasteiger partial charge on any atom is 0.152 e. The zero-order chi connectivity index (χ0) is 13.3. The number of halogens is 3. The monoisotopic (exact) mass is 269 g/mol. The van der Waals surface area contributed by atoms with Crippen LogP contribution in [0.2, 0.25) is 5.02 Å². The quantitative estimate of drug-likeness (QED) is 0.825. The summed E-state index contributed by atoms with van der Waals surface area (Å²) >= 11 is 5.62. The van der Waals surface area contributed by atoms with Crippen LogP contribution in [0.25, 0.3) is 0 Å². The molecule has 0 saturated heterocycles. The van der Waals surface area contributed by atoms with Crippen molar-refractivity contribution in [3.05, 3.63) is 52.6 Å². The Hall–Kier alpha value is -1.81. The zero-order valence-corrected chi connectivity index (χ0v) is 10.3. The fourth-order valence-electron chi connectivity index (χ4n) is 1.40. The lowest BCUT2D eigenvalue weighted by atomic mass is 10.2. The molecule has 0 aromatic heterocycles. The Morgan fingerprint density at radius 1 is 1.11 bits per heavy atom. The molecule has 0 radical (unpaired) electrons. The van der Waals surface area contributed by atoms with Crippen LogP contribution in [0.5, 0.6) is 11.5 Å². The van der Waals surface area contributed by atoms with E-state index < -0.39 is 5.82 Å². The average Bonchev–Trinajstić information content (AvgIpc) is 2.31. The number of nitrogens with two attached hydrogens (primary N) is 1. The van der Waals surface area contributed by atoms with Crippen LogP contribution in [-0.4, -0.2) is 0 Å². The molecule has 2 aromatic rings. The Balaban J connectivity index is 2.34. The van der Waals surface area contributed by atoms with Crippen LogP contribution in [0.1, 0.15) is 5.56 Å². The van der Waals surface area contributed by atoms with Crippen molar-refractivity contribution >= 4 is 17.3 Å². The van der Waals surface area contributed by atoms with E-state index in [2.05, 4.69) is 0 Å². The van der Waals surface area contributed by atoms with Crippen LogP contribution in [0.3, 0.4) is 0 Å². The Labute approximate surface area is 108 Å². The van der Waals surface area contributed by atoms with E-state index in [0.717, 1.165) is 6.07 Å². The van der Waals surface area contributed by atoms with Crippen molar-refractivity contribution < 1.29 is 13.5 Å². The Kier molecular flexibility index (Phi) is 3.39. The van der Waals surface area contributed by atoms with Crippen molar-refractivity contribution in [3.63, 3.8) is 0 Å². The molecule has 0 aliphatic carbocycles. The largest absolute Gasteiger partial charge is 0.455 e. The van der Waals surface area contributed by atoms with Crippen molar-refractivity contribution in [3.8, 4) is 11.5 Å². The highest BCUT2D eigenvalue weighted by molar-refractivity contribution is 6.31. The van der Waals surface area contributed by atoms with Crippen LogP contribution in [-0.2, 0) is 0 Å². The third kappa shape index (κ3) is 2.54. The third-order valence-electron chi connectivity index (χ3n) is 2.42. The minimum Gasteiger partial charge on any atom is -0.455 e. The van der Waals surface area contributed by atoms with E-state index in [1.165, 1.54) is 12.1 Å². The van der Waals surface area contributed by atoms with E-state index in [1.807, 2.05) is 0 Å². The van der Waals surface area contributed by atoms with Gasteiger partial charge in [-0.05, 0) is 18.6 Å². The molecule has 0 aliphatic heterocycles. The molecule has 0 atom stereocenters. The number of hydrogen-bond donors (Lipinski definition) is 1. The molecule has 0 amide bonds. The fraction of sp³-hybridized carbons (Fsp3) is 0.0769. The molecule has 18 heavy (non-hydrogen) atoms. The molecule has 0 heterocycles. The summed E-state index contributed by atoms with van der Waals surface area (Å²) in [5.74, 6) is -0.562. The highest BCUT2D eigenvalue weighted by Gasteiger charge is 2.09. The lowest BCUT2D eigenvalue weighted by Gasteiger charge is -2.10. The van der Waals surface area contributed by atoms with E-state index in [0.29, 0.717) is 5.56 Å². The van der Waals surface area contributed by atoms with Crippen LogP contribution < -0.4 is 10.5 Å². The highest BCUT2D eigenvalue weighted by Crippen LogP contribution is 2.32. The Morgan fingerprint density at radius 3 is 2.50 bits per heavy atom. The Bertz CT molecular complexity index is 602. The predicted molar refractivity (Wildman–Crippen MR) is 67.0 cm³/mol. The number of anilines is 1. The van der Waals surface area contributed by atoms with Crippen LogP contribution in [0.15, 0.2) is 30.3 Å². The molecular formula is C13H10ClF2NO. The maximum atomic E-state index is 13.3. The van der Waals surface area contributed by atoms with Gasteiger partial charge in [0.2, 0.25) is 0 Å². The molecule has 2 rings (SSSR count). The molecule has 2 nitrogen and oxygen atoms in total. The topological polar surface area (TPSA) is 35.2 Å². The summed E-state index contributed by atoms with van der Waals surface area (Å²) in [5, 5.41) is -0.105. The summed E-state index contributed by atoms with van der Waals surface area (Å²) in [6.07, 6.45) is 0. The van der Waals surface area contributed by atoms with Crippen LogP contribution >= 0.6 is 11.6 Å². The lowest BCUT2D eigenvalue weighted by molar-refractivity contribution is 0.476. The molecule has 0 fully saturated rings. The van der Waals surface area contributed by atoms with Gasteiger partial charge in [0.25, 0.3) is 0 Å². The van der Waals surface area contributed by atoms with Gasteiger partial charge >= 0.3 is 0 Å². The van der Waals surface area contributed by atoms with Gasteiger partial charge in [0.05, 0.1) is 10.7 Å². The fourth-order valence-corrected chi connectivity index (χ4v) is 1.55. The normalized spacial score (nSPS) is 10.4. The smallest absolute Gasteiger partial charge is 0.152 e. The second-order valence-electron chi connectivity index (χ2n) is 3.82. The van der Waals surface area contributed by atoms with Crippen molar-refractivity contribution in [1.29, 1.82) is 0 Å². The summed E-state index contributed by atoms with van der Waals surface area (Å²) < 4.78 is 31.8. The first kappa shape index (κ1) is 12.6.